The van der Waals surface area contributed by atoms with Crippen LogP contribution in [0.15, 0.2) is 30.6 Å². The van der Waals surface area contributed by atoms with Crippen LogP contribution in [0.5, 0.6) is 0 Å². The van der Waals surface area contributed by atoms with Crippen LogP contribution < -0.4 is 5.32 Å². The molecular formula is C19H24N4O4S. The molecule has 150 valence electrons. The topological polar surface area (TPSA) is 93.0 Å². The molecule has 8 nitrogen and oxygen atoms in total. The molecule has 2 aromatic rings. The smallest absolute Gasteiger partial charge is 0.271 e. The lowest BCUT2D eigenvalue weighted by Crippen LogP contribution is -2.42. The zero-order valence-electron chi connectivity index (χ0n) is 15.7. The number of carbonyl (C=O) groups is 1. The number of amides is 1. The number of aromatic nitrogens is 2. The average molecular weight is 404 g/mol. The van der Waals surface area contributed by atoms with E-state index in [-0.39, 0.29) is 35.2 Å². The summed E-state index contributed by atoms with van der Waals surface area (Å²) in [5.74, 6) is 0.159. The van der Waals surface area contributed by atoms with Crippen molar-refractivity contribution in [3.8, 4) is 0 Å². The van der Waals surface area contributed by atoms with Crippen molar-refractivity contribution in [2.75, 3.05) is 25.4 Å². The lowest BCUT2D eigenvalue weighted by Gasteiger charge is -2.29. The molecule has 1 spiro atoms. The maximum Gasteiger partial charge on any atom is 0.271 e. The molecule has 28 heavy (non-hydrogen) atoms. The highest BCUT2D eigenvalue weighted by Crippen LogP contribution is 2.55. The first kappa shape index (κ1) is 18.1. The third-order valence-corrected chi connectivity index (χ3v) is 8.40. The third-order valence-electron chi connectivity index (χ3n) is 6.61. The molecule has 3 aliphatic heterocycles. The summed E-state index contributed by atoms with van der Waals surface area (Å²) < 4.78 is 34.3. The predicted molar refractivity (Wildman–Crippen MR) is 102 cm³/mol. The van der Waals surface area contributed by atoms with E-state index in [0.29, 0.717) is 25.3 Å². The number of fused-ring (bicyclic) bond motifs is 2. The Balaban J connectivity index is 1.30. The van der Waals surface area contributed by atoms with Gasteiger partial charge in [0.05, 0.1) is 17.5 Å². The lowest BCUT2D eigenvalue weighted by atomic mass is 9.73. The van der Waals surface area contributed by atoms with E-state index in [4.69, 9.17) is 4.74 Å². The summed E-state index contributed by atoms with van der Waals surface area (Å²) in [6, 6.07) is 5.62. The van der Waals surface area contributed by atoms with Gasteiger partial charge in [0.15, 0.2) is 0 Å². The average Bonchev–Trinajstić information content (AvgIpc) is 3.43. The van der Waals surface area contributed by atoms with Crippen LogP contribution in [0.2, 0.25) is 0 Å². The number of sulfonamides is 1. The minimum Gasteiger partial charge on any atom is -0.370 e. The summed E-state index contributed by atoms with van der Waals surface area (Å²) in [6.07, 6.45) is 5.49. The zero-order chi connectivity index (χ0) is 19.5. The van der Waals surface area contributed by atoms with Gasteiger partial charge in [-0.1, -0.05) is 6.07 Å². The molecule has 3 saturated heterocycles. The van der Waals surface area contributed by atoms with Crippen LogP contribution in [0.3, 0.4) is 0 Å². The summed E-state index contributed by atoms with van der Waals surface area (Å²) in [5.41, 5.74) is 0.739. The van der Waals surface area contributed by atoms with E-state index < -0.39 is 10.0 Å². The molecular weight excluding hydrogens is 380 g/mol. The Morgan fingerprint density at radius 2 is 2.29 bits per heavy atom. The molecule has 0 saturated carbocycles. The van der Waals surface area contributed by atoms with Crippen molar-refractivity contribution in [2.24, 2.45) is 11.8 Å². The first-order valence-corrected chi connectivity index (χ1v) is 11.4. The standard InChI is InChI=1S/C19H24N4O4S/c1-2-28(25,26)23-10-14-13(16-6-7-19(14,12-23)27-16)9-20-18(24)15-11-22-8-4-3-5-17(22)21-15/h3-5,8,11,13-14,16H,2,6-7,9-10,12H2,1H3,(H,20,24)/t13-,14+,16+,19+/m0/s1. The van der Waals surface area contributed by atoms with E-state index in [0.717, 1.165) is 18.5 Å². The Hall–Kier alpha value is -1.97. The van der Waals surface area contributed by atoms with Crippen molar-refractivity contribution in [3.63, 3.8) is 0 Å². The van der Waals surface area contributed by atoms with Crippen molar-refractivity contribution in [1.29, 1.82) is 0 Å². The zero-order valence-corrected chi connectivity index (χ0v) is 16.6. The Labute approximate surface area is 163 Å². The quantitative estimate of drug-likeness (QED) is 0.799. The van der Waals surface area contributed by atoms with Gasteiger partial charge in [0.1, 0.15) is 11.3 Å². The Morgan fingerprint density at radius 3 is 3.07 bits per heavy atom. The van der Waals surface area contributed by atoms with Gasteiger partial charge in [-0.05, 0) is 31.9 Å². The molecule has 1 amide bonds. The summed E-state index contributed by atoms with van der Waals surface area (Å²) in [7, 11) is -3.23. The van der Waals surface area contributed by atoms with Gasteiger partial charge in [0.25, 0.3) is 5.91 Å². The second kappa shape index (κ2) is 6.27. The lowest BCUT2D eigenvalue weighted by molar-refractivity contribution is 0.00798. The summed E-state index contributed by atoms with van der Waals surface area (Å²) in [5, 5.41) is 3.00. The van der Waals surface area contributed by atoms with E-state index in [9.17, 15) is 13.2 Å². The van der Waals surface area contributed by atoms with Gasteiger partial charge in [0, 0.05) is 43.9 Å². The minimum atomic E-state index is -3.23. The van der Waals surface area contributed by atoms with Crippen molar-refractivity contribution in [2.45, 2.75) is 31.5 Å². The summed E-state index contributed by atoms with van der Waals surface area (Å²) in [4.78, 5) is 17.0. The fraction of sp³-hybridized carbons (Fsp3) is 0.579. The van der Waals surface area contributed by atoms with Gasteiger partial charge in [0.2, 0.25) is 10.0 Å². The maximum atomic E-state index is 12.6. The van der Waals surface area contributed by atoms with Crippen molar-refractivity contribution >= 4 is 21.6 Å². The Morgan fingerprint density at radius 1 is 1.43 bits per heavy atom. The van der Waals surface area contributed by atoms with Crippen molar-refractivity contribution in [3.05, 3.63) is 36.3 Å². The number of nitrogens with one attached hydrogen (secondary N) is 1. The van der Waals surface area contributed by atoms with Crippen LogP contribution in [-0.2, 0) is 14.8 Å². The number of rotatable bonds is 5. The molecule has 3 aliphatic rings. The molecule has 1 N–H and O–H groups in total. The highest BCUT2D eigenvalue weighted by molar-refractivity contribution is 7.89. The molecule has 5 rings (SSSR count). The van der Waals surface area contributed by atoms with Crippen molar-refractivity contribution < 1.29 is 17.9 Å². The normalized spacial score (nSPS) is 32.1. The fourth-order valence-corrected chi connectivity index (χ4v) is 6.33. The van der Waals surface area contributed by atoms with Crippen LogP contribution in [-0.4, -0.2) is 65.1 Å². The molecule has 0 aliphatic carbocycles. The van der Waals surface area contributed by atoms with E-state index in [2.05, 4.69) is 10.3 Å². The van der Waals surface area contributed by atoms with E-state index in [1.165, 1.54) is 0 Å². The van der Waals surface area contributed by atoms with Gasteiger partial charge in [-0.2, -0.15) is 4.31 Å². The first-order chi connectivity index (χ1) is 13.4. The molecule has 3 fully saturated rings. The van der Waals surface area contributed by atoms with E-state index >= 15 is 0 Å². The largest absolute Gasteiger partial charge is 0.370 e. The van der Waals surface area contributed by atoms with Crippen LogP contribution in [0.25, 0.3) is 5.65 Å². The molecule has 2 bridgehead atoms. The molecule has 0 unspecified atom stereocenters. The number of hydrogen-bond acceptors (Lipinski definition) is 5. The third kappa shape index (κ3) is 2.67. The maximum absolute atomic E-state index is 12.6. The van der Waals surface area contributed by atoms with Crippen LogP contribution in [0.4, 0.5) is 0 Å². The number of imidazole rings is 1. The molecule has 9 heteroatoms. The minimum absolute atomic E-state index is 0.0952. The first-order valence-electron chi connectivity index (χ1n) is 9.79. The number of hydrogen-bond donors (Lipinski definition) is 1. The van der Waals surface area contributed by atoms with Gasteiger partial charge >= 0.3 is 0 Å². The molecule has 0 radical (unpaired) electrons. The highest BCUT2D eigenvalue weighted by Gasteiger charge is 2.64. The van der Waals surface area contributed by atoms with Gasteiger partial charge in [-0.25, -0.2) is 13.4 Å². The van der Waals surface area contributed by atoms with Gasteiger partial charge in [-0.15, -0.1) is 0 Å². The molecule has 0 aromatic carbocycles. The van der Waals surface area contributed by atoms with Crippen LogP contribution in [0.1, 0.15) is 30.3 Å². The Bertz CT molecular complexity index is 1000. The second-order valence-corrected chi connectivity index (χ2v) is 10.3. The highest BCUT2D eigenvalue weighted by atomic mass is 32.2. The Kier molecular flexibility index (Phi) is 4.05. The molecule has 2 aromatic heterocycles. The van der Waals surface area contributed by atoms with E-state index in [1.54, 1.807) is 17.4 Å². The van der Waals surface area contributed by atoms with Crippen LogP contribution in [0, 0.1) is 11.8 Å². The van der Waals surface area contributed by atoms with Gasteiger partial charge in [-0.3, -0.25) is 4.79 Å². The molecule has 4 atom stereocenters. The second-order valence-electron chi connectivity index (χ2n) is 8.03. The fourth-order valence-electron chi connectivity index (χ4n) is 5.16. The number of pyridine rings is 1. The van der Waals surface area contributed by atoms with E-state index in [1.807, 2.05) is 28.8 Å². The number of nitrogens with zero attached hydrogens (tertiary/aromatic N) is 3. The number of carbonyl (C=O) groups excluding carboxylic acids is 1. The van der Waals surface area contributed by atoms with Crippen molar-refractivity contribution in [1.82, 2.24) is 19.0 Å². The summed E-state index contributed by atoms with van der Waals surface area (Å²) in [6.45, 7) is 3.08. The SMILES string of the molecule is CCS(=O)(=O)N1C[C@@H]2[C@H](CNC(=O)c3cn4ccccc4n3)[C@H]3CC[C@]2(C1)O3. The predicted octanol–water partition coefficient (Wildman–Crippen LogP) is 0.893. The number of ether oxygens (including phenoxy) is 1. The van der Waals surface area contributed by atoms with Crippen LogP contribution >= 0.6 is 0 Å². The monoisotopic (exact) mass is 404 g/mol. The molecule has 5 heterocycles. The van der Waals surface area contributed by atoms with Gasteiger partial charge < -0.3 is 14.5 Å². The summed E-state index contributed by atoms with van der Waals surface area (Å²) >= 11 is 0.